The molecular formula is C28H50O2Si. The van der Waals surface area contributed by atoms with E-state index in [-0.39, 0.29) is 11.2 Å². The van der Waals surface area contributed by atoms with Gasteiger partial charge < -0.3 is 8.85 Å². The van der Waals surface area contributed by atoms with Gasteiger partial charge in [-0.15, -0.1) is 0 Å². The van der Waals surface area contributed by atoms with Crippen molar-refractivity contribution in [3.05, 3.63) is 0 Å². The van der Waals surface area contributed by atoms with Gasteiger partial charge in [0.05, 0.1) is 11.2 Å². The van der Waals surface area contributed by atoms with Crippen molar-refractivity contribution in [2.24, 2.45) is 23.7 Å². The number of hydrogen-bond acceptors (Lipinski definition) is 2. The molecule has 0 aromatic carbocycles. The maximum Gasteiger partial charge on any atom is 0.332 e. The molecule has 5 rings (SSSR count). The molecule has 3 heteroatoms. The molecule has 4 aliphatic carbocycles. The molecule has 0 radical (unpaired) electrons. The summed E-state index contributed by atoms with van der Waals surface area (Å²) < 4.78 is 15.3. The summed E-state index contributed by atoms with van der Waals surface area (Å²) in [6, 6.07) is 0. The Balaban J connectivity index is 1.66. The van der Waals surface area contributed by atoms with Gasteiger partial charge in [0.2, 0.25) is 0 Å². The zero-order valence-electron chi connectivity index (χ0n) is 20.8. The quantitative estimate of drug-likeness (QED) is 0.403. The molecule has 0 aromatic rings. The second-order valence-corrected chi connectivity index (χ2v) is 15.7. The van der Waals surface area contributed by atoms with Gasteiger partial charge in [0.25, 0.3) is 0 Å². The topological polar surface area (TPSA) is 18.5 Å². The van der Waals surface area contributed by atoms with Gasteiger partial charge in [-0.05, 0) is 88.1 Å². The van der Waals surface area contributed by atoms with E-state index in [1.807, 2.05) is 0 Å². The molecule has 2 nitrogen and oxygen atoms in total. The van der Waals surface area contributed by atoms with Crippen LogP contribution in [0.4, 0.5) is 0 Å². The summed E-state index contributed by atoms with van der Waals surface area (Å²) in [5.41, 5.74) is 0.0706. The van der Waals surface area contributed by atoms with Crippen molar-refractivity contribution in [2.75, 3.05) is 0 Å². The smallest absolute Gasteiger partial charge is 0.332 e. The predicted molar refractivity (Wildman–Crippen MR) is 131 cm³/mol. The lowest BCUT2D eigenvalue weighted by molar-refractivity contribution is -0.202. The van der Waals surface area contributed by atoms with E-state index in [0.29, 0.717) is 0 Å². The van der Waals surface area contributed by atoms with Crippen molar-refractivity contribution in [1.82, 2.24) is 0 Å². The molecule has 4 saturated carbocycles. The van der Waals surface area contributed by atoms with Gasteiger partial charge in [0, 0.05) is 0 Å². The van der Waals surface area contributed by atoms with Crippen molar-refractivity contribution in [2.45, 2.75) is 153 Å². The lowest BCUT2D eigenvalue weighted by Crippen LogP contribution is -2.68. The van der Waals surface area contributed by atoms with Gasteiger partial charge in [0.15, 0.2) is 0 Å². The van der Waals surface area contributed by atoms with Gasteiger partial charge >= 0.3 is 8.56 Å². The molecular weight excluding hydrogens is 396 g/mol. The fraction of sp³-hybridized carbons (Fsp3) is 1.00. The molecule has 0 unspecified atom stereocenters. The van der Waals surface area contributed by atoms with Crippen molar-refractivity contribution >= 4 is 8.56 Å². The number of hydrogen-bond donors (Lipinski definition) is 0. The third kappa shape index (κ3) is 4.01. The standard InChI is InChI=1S/C28H50O2Si/c1-31(2)29-27(23-15-7-3-8-16-23,24-17-9-4-10-18-24)28(30-31,25-19-11-5-12-20-25)26-21-13-6-14-22-26/h23-26H,3-22H2,1-2H3. The summed E-state index contributed by atoms with van der Waals surface area (Å²) in [7, 11) is -2.15. The first-order valence-corrected chi connectivity index (χ1v) is 17.3. The molecule has 0 amide bonds. The first-order chi connectivity index (χ1) is 15.1. The van der Waals surface area contributed by atoms with Crippen molar-refractivity contribution in [3.8, 4) is 0 Å². The van der Waals surface area contributed by atoms with E-state index in [4.69, 9.17) is 8.85 Å². The normalized spacial score (nSPS) is 33.5. The van der Waals surface area contributed by atoms with Crippen molar-refractivity contribution in [3.63, 3.8) is 0 Å². The minimum Gasteiger partial charge on any atom is -0.385 e. The Morgan fingerprint density at radius 2 is 0.645 bits per heavy atom. The summed E-state index contributed by atoms with van der Waals surface area (Å²) in [6.07, 6.45) is 28.5. The van der Waals surface area contributed by atoms with Crippen LogP contribution in [0.2, 0.25) is 13.1 Å². The van der Waals surface area contributed by atoms with Crippen LogP contribution in [-0.2, 0) is 8.85 Å². The molecule has 0 atom stereocenters. The summed E-state index contributed by atoms with van der Waals surface area (Å²) in [5.74, 6) is 3.01. The minimum absolute atomic E-state index is 0.0353. The van der Waals surface area contributed by atoms with E-state index in [1.54, 1.807) is 0 Å². The third-order valence-corrected chi connectivity index (χ3v) is 11.9. The first-order valence-electron chi connectivity index (χ1n) is 14.5. The second-order valence-electron chi connectivity index (χ2n) is 12.5. The zero-order valence-corrected chi connectivity index (χ0v) is 21.8. The van der Waals surface area contributed by atoms with Crippen molar-refractivity contribution in [1.29, 1.82) is 0 Å². The van der Waals surface area contributed by atoms with Crippen LogP contribution in [0.15, 0.2) is 0 Å². The monoisotopic (exact) mass is 446 g/mol. The molecule has 0 aromatic heterocycles. The van der Waals surface area contributed by atoms with E-state index in [9.17, 15) is 0 Å². The Bertz CT molecular complexity index is 492. The van der Waals surface area contributed by atoms with Gasteiger partial charge in [-0.25, -0.2) is 0 Å². The molecule has 1 heterocycles. The number of rotatable bonds is 4. The lowest BCUT2D eigenvalue weighted by atomic mass is 9.50. The Labute approximate surface area is 193 Å². The largest absolute Gasteiger partial charge is 0.385 e. The highest BCUT2D eigenvalue weighted by atomic mass is 28.4. The minimum atomic E-state index is -2.15. The molecule has 178 valence electrons. The highest BCUT2D eigenvalue weighted by Gasteiger charge is 2.73. The molecule has 5 aliphatic rings. The second kappa shape index (κ2) is 9.41. The highest BCUT2D eigenvalue weighted by Crippen LogP contribution is 2.65. The van der Waals surface area contributed by atoms with Gasteiger partial charge in [-0.2, -0.15) is 0 Å². The molecule has 0 spiro atoms. The summed E-state index contributed by atoms with van der Waals surface area (Å²) in [4.78, 5) is 0. The fourth-order valence-electron chi connectivity index (χ4n) is 9.40. The Morgan fingerprint density at radius 1 is 0.419 bits per heavy atom. The van der Waals surface area contributed by atoms with E-state index < -0.39 is 8.56 Å². The average molecular weight is 447 g/mol. The SMILES string of the molecule is C[Si]1(C)OC(C2CCCCC2)(C2CCCCC2)C(C2CCCCC2)(C2CCCCC2)O1. The van der Waals surface area contributed by atoms with Crippen LogP contribution < -0.4 is 0 Å². The van der Waals surface area contributed by atoms with E-state index in [1.165, 1.54) is 128 Å². The van der Waals surface area contributed by atoms with Crippen LogP contribution >= 0.6 is 0 Å². The van der Waals surface area contributed by atoms with Crippen LogP contribution in [0.25, 0.3) is 0 Å². The molecule has 0 N–H and O–H groups in total. The zero-order chi connectivity index (χ0) is 21.4. The van der Waals surface area contributed by atoms with Gasteiger partial charge in [-0.3, -0.25) is 0 Å². The van der Waals surface area contributed by atoms with Crippen molar-refractivity contribution < 1.29 is 8.85 Å². The van der Waals surface area contributed by atoms with Crippen LogP contribution in [0.3, 0.4) is 0 Å². The molecule has 1 aliphatic heterocycles. The lowest BCUT2D eigenvalue weighted by Gasteiger charge is -2.61. The molecule has 0 bridgehead atoms. The van der Waals surface area contributed by atoms with Gasteiger partial charge in [-0.1, -0.05) is 77.0 Å². The van der Waals surface area contributed by atoms with Gasteiger partial charge in [0.1, 0.15) is 0 Å². The first kappa shape index (κ1) is 22.9. The van der Waals surface area contributed by atoms with E-state index in [2.05, 4.69) is 13.1 Å². The van der Waals surface area contributed by atoms with Crippen LogP contribution in [-0.4, -0.2) is 19.8 Å². The molecule has 1 saturated heterocycles. The Hall–Kier alpha value is 0.137. The Morgan fingerprint density at radius 3 is 0.871 bits per heavy atom. The fourth-order valence-corrected chi connectivity index (χ4v) is 12.0. The maximum absolute atomic E-state index is 7.65. The third-order valence-electron chi connectivity index (χ3n) is 10.3. The van der Waals surface area contributed by atoms with E-state index >= 15 is 0 Å². The average Bonchev–Trinajstić information content (AvgIpc) is 3.11. The van der Waals surface area contributed by atoms with Crippen LogP contribution in [0, 0.1) is 23.7 Å². The predicted octanol–water partition coefficient (Wildman–Crippen LogP) is 8.53. The highest BCUT2D eigenvalue weighted by molar-refractivity contribution is 6.65. The maximum atomic E-state index is 7.65. The van der Waals surface area contributed by atoms with Crippen LogP contribution in [0.5, 0.6) is 0 Å². The Kier molecular flexibility index (Phi) is 6.95. The molecule has 31 heavy (non-hydrogen) atoms. The molecule has 5 fully saturated rings. The van der Waals surface area contributed by atoms with E-state index in [0.717, 1.165) is 23.7 Å². The van der Waals surface area contributed by atoms with Crippen LogP contribution in [0.1, 0.15) is 128 Å². The summed E-state index contributed by atoms with van der Waals surface area (Å²) >= 11 is 0. The summed E-state index contributed by atoms with van der Waals surface area (Å²) in [5, 5.41) is 0. The summed E-state index contributed by atoms with van der Waals surface area (Å²) in [6.45, 7) is 4.83.